The maximum Gasteiger partial charge on any atom is 0.338 e. The maximum absolute atomic E-state index is 12.3. The molecule has 156 valence electrons. The quantitative estimate of drug-likeness (QED) is 0.597. The highest BCUT2D eigenvalue weighted by molar-refractivity contribution is 7.89. The van der Waals surface area contributed by atoms with E-state index in [1.807, 2.05) is 43.3 Å². The van der Waals surface area contributed by atoms with Crippen molar-refractivity contribution in [3.63, 3.8) is 0 Å². The summed E-state index contributed by atoms with van der Waals surface area (Å²) < 4.78 is 31.7. The monoisotopic (exact) mass is 419 g/mol. The van der Waals surface area contributed by atoms with Crippen molar-refractivity contribution in [2.45, 2.75) is 18.4 Å². The van der Waals surface area contributed by atoms with Crippen molar-refractivity contribution in [1.29, 1.82) is 0 Å². The number of nitrogens with zero attached hydrogens (tertiary/aromatic N) is 1. The SMILES string of the molecule is CCOC(=O)c1ccc(S(=O)(=O)NCC(=O)NCc2ccc(N(C)C)cc2)cc1. The van der Waals surface area contributed by atoms with Gasteiger partial charge in [0.15, 0.2) is 0 Å². The summed E-state index contributed by atoms with van der Waals surface area (Å²) >= 11 is 0. The van der Waals surface area contributed by atoms with Crippen molar-refractivity contribution in [1.82, 2.24) is 10.0 Å². The summed E-state index contributed by atoms with van der Waals surface area (Å²) in [5.41, 5.74) is 2.20. The van der Waals surface area contributed by atoms with Gasteiger partial charge in [-0.3, -0.25) is 4.79 Å². The van der Waals surface area contributed by atoms with Crippen LogP contribution in [0.15, 0.2) is 53.4 Å². The number of ether oxygens (including phenoxy) is 1. The lowest BCUT2D eigenvalue weighted by atomic mass is 10.2. The number of carbonyl (C=O) groups excluding carboxylic acids is 2. The number of nitrogens with one attached hydrogen (secondary N) is 2. The van der Waals surface area contributed by atoms with Crippen molar-refractivity contribution in [3.05, 3.63) is 59.7 Å². The molecule has 0 aliphatic carbocycles. The van der Waals surface area contributed by atoms with Crippen LogP contribution in [0.4, 0.5) is 5.69 Å². The molecule has 0 radical (unpaired) electrons. The van der Waals surface area contributed by atoms with Crippen LogP contribution in [0.25, 0.3) is 0 Å². The number of hydrogen-bond donors (Lipinski definition) is 2. The molecular weight excluding hydrogens is 394 g/mol. The molecular formula is C20H25N3O5S. The Morgan fingerprint density at radius 1 is 1.00 bits per heavy atom. The second-order valence-corrected chi connectivity index (χ2v) is 8.17. The molecule has 2 aromatic carbocycles. The fraction of sp³-hybridized carbons (Fsp3) is 0.300. The zero-order chi connectivity index (χ0) is 21.4. The van der Waals surface area contributed by atoms with E-state index in [0.29, 0.717) is 6.54 Å². The topological polar surface area (TPSA) is 105 Å². The predicted molar refractivity (Wildman–Crippen MR) is 110 cm³/mol. The molecule has 0 bridgehead atoms. The van der Waals surface area contributed by atoms with E-state index in [2.05, 4.69) is 10.0 Å². The van der Waals surface area contributed by atoms with E-state index in [1.165, 1.54) is 24.3 Å². The zero-order valence-corrected chi connectivity index (χ0v) is 17.5. The standard InChI is InChI=1S/C20H25N3O5S/c1-4-28-20(25)16-7-11-18(12-8-16)29(26,27)22-14-19(24)21-13-15-5-9-17(10-6-15)23(2)3/h5-12,22H,4,13-14H2,1-3H3,(H,21,24). The van der Waals surface area contributed by atoms with E-state index in [9.17, 15) is 18.0 Å². The highest BCUT2D eigenvalue weighted by Gasteiger charge is 2.16. The predicted octanol–water partition coefficient (Wildman–Crippen LogP) is 1.52. The first-order chi connectivity index (χ1) is 13.7. The highest BCUT2D eigenvalue weighted by atomic mass is 32.2. The highest BCUT2D eigenvalue weighted by Crippen LogP contribution is 2.13. The Morgan fingerprint density at radius 2 is 1.62 bits per heavy atom. The van der Waals surface area contributed by atoms with E-state index in [4.69, 9.17) is 4.74 Å². The van der Waals surface area contributed by atoms with E-state index in [-0.39, 0.29) is 17.1 Å². The van der Waals surface area contributed by atoms with Gasteiger partial charge in [-0.25, -0.2) is 17.9 Å². The lowest BCUT2D eigenvalue weighted by molar-refractivity contribution is -0.120. The summed E-state index contributed by atoms with van der Waals surface area (Å²) in [6, 6.07) is 13.0. The van der Waals surface area contributed by atoms with Crippen molar-refractivity contribution in [2.75, 3.05) is 32.1 Å². The number of sulfonamides is 1. The molecule has 2 rings (SSSR count). The Labute approximate surface area is 170 Å². The first kappa shape index (κ1) is 22.4. The Morgan fingerprint density at radius 3 is 2.17 bits per heavy atom. The Balaban J connectivity index is 1.87. The number of anilines is 1. The van der Waals surface area contributed by atoms with Gasteiger partial charge in [0.25, 0.3) is 0 Å². The van der Waals surface area contributed by atoms with E-state index < -0.39 is 28.4 Å². The van der Waals surface area contributed by atoms with Crippen molar-refractivity contribution < 1.29 is 22.7 Å². The molecule has 2 N–H and O–H groups in total. The van der Waals surface area contributed by atoms with Crippen molar-refractivity contribution in [2.24, 2.45) is 0 Å². The molecule has 0 atom stereocenters. The van der Waals surface area contributed by atoms with Crippen LogP contribution in [0.2, 0.25) is 0 Å². The van der Waals surface area contributed by atoms with Gasteiger partial charge < -0.3 is 15.0 Å². The third kappa shape index (κ3) is 6.58. The number of benzene rings is 2. The normalized spacial score (nSPS) is 11.0. The van der Waals surface area contributed by atoms with Crippen LogP contribution in [0.1, 0.15) is 22.8 Å². The molecule has 0 aliphatic rings. The van der Waals surface area contributed by atoms with E-state index in [1.54, 1.807) is 6.92 Å². The van der Waals surface area contributed by atoms with E-state index in [0.717, 1.165) is 11.3 Å². The molecule has 0 aromatic heterocycles. The van der Waals surface area contributed by atoms with E-state index >= 15 is 0 Å². The van der Waals surface area contributed by atoms with Crippen LogP contribution in [-0.2, 0) is 26.1 Å². The first-order valence-electron chi connectivity index (χ1n) is 9.02. The lowest BCUT2D eigenvalue weighted by Crippen LogP contribution is -2.36. The number of esters is 1. The average Bonchev–Trinajstić information content (AvgIpc) is 2.71. The molecule has 0 unspecified atom stereocenters. The molecule has 2 aromatic rings. The average molecular weight is 420 g/mol. The van der Waals surface area contributed by atoms with Gasteiger partial charge in [-0.05, 0) is 48.9 Å². The summed E-state index contributed by atoms with van der Waals surface area (Å²) in [6.45, 7) is 1.82. The van der Waals surface area contributed by atoms with Gasteiger partial charge in [0.2, 0.25) is 15.9 Å². The first-order valence-corrected chi connectivity index (χ1v) is 10.5. The number of carbonyl (C=O) groups is 2. The fourth-order valence-electron chi connectivity index (χ4n) is 2.40. The van der Waals surface area contributed by atoms with Crippen LogP contribution in [0.3, 0.4) is 0 Å². The number of amides is 1. The summed E-state index contributed by atoms with van der Waals surface area (Å²) in [5.74, 6) is -0.976. The molecule has 0 fully saturated rings. The number of rotatable bonds is 9. The van der Waals surface area contributed by atoms with Gasteiger partial charge >= 0.3 is 5.97 Å². The minimum Gasteiger partial charge on any atom is -0.462 e. The second-order valence-electron chi connectivity index (χ2n) is 6.41. The van der Waals surface area contributed by atoms with Gasteiger partial charge in [0.1, 0.15) is 0 Å². The summed E-state index contributed by atoms with van der Waals surface area (Å²) in [6.07, 6.45) is 0. The van der Waals surface area contributed by atoms with Crippen LogP contribution in [0, 0.1) is 0 Å². The molecule has 9 heteroatoms. The van der Waals surface area contributed by atoms with Gasteiger partial charge in [0, 0.05) is 26.3 Å². The fourth-order valence-corrected chi connectivity index (χ4v) is 3.39. The minimum atomic E-state index is -3.88. The molecule has 0 saturated carbocycles. The molecule has 1 amide bonds. The summed E-state index contributed by atoms with van der Waals surface area (Å²) in [4.78, 5) is 25.5. The van der Waals surface area contributed by atoms with Crippen LogP contribution < -0.4 is 14.9 Å². The maximum atomic E-state index is 12.3. The van der Waals surface area contributed by atoms with Crippen molar-refractivity contribution in [3.8, 4) is 0 Å². The lowest BCUT2D eigenvalue weighted by Gasteiger charge is -2.13. The zero-order valence-electron chi connectivity index (χ0n) is 16.6. The van der Waals surface area contributed by atoms with Crippen LogP contribution in [-0.4, -0.2) is 47.5 Å². The molecule has 29 heavy (non-hydrogen) atoms. The summed E-state index contributed by atoms with van der Waals surface area (Å²) in [7, 11) is -0.00111. The van der Waals surface area contributed by atoms with Crippen LogP contribution in [0.5, 0.6) is 0 Å². The van der Waals surface area contributed by atoms with Gasteiger partial charge in [-0.1, -0.05) is 12.1 Å². The Hall–Kier alpha value is -2.91. The third-order valence-electron chi connectivity index (χ3n) is 4.04. The van der Waals surface area contributed by atoms with Gasteiger partial charge in [0.05, 0.1) is 23.6 Å². The third-order valence-corrected chi connectivity index (χ3v) is 5.46. The molecule has 0 spiro atoms. The molecule has 0 saturated heterocycles. The Bertz CT molecular complexity index is 939. The smallest absolute Gasteiger partial charge is 0.338 e. The van der Waals surface area contributed by atoms with Gasteiger partial charge in [-0.15, -0.1) is 0 Å². The minimum absolute atomic E-state index is 0.0439. The molecule has 0 heterocycles. The second kappa shape index (κ2) is 10.0. The number of hydrogen-bond acceptors (Lipinski definition) is 6. The van der Waals surface area contributed by atoms with Crippen molar-refractivity contribution >= 4 is 27.6 Å². The molecule has 0 aliphatic heterocycles. The van der Waals surface area contributed by atoms with Gasteiger partial charge in [-0.2, -0.15) is 0 Å². The van der Waals surface area contributed by atoms with Crippen LogP contribution >= 0.6 is 0 Å². The largest absolute Gasteiger partial charge is 0.462 e. The summed E-state index contributed by atoms with van der Waals surface area (Å²) in [5, 5.41) is 2.67. The Kier molecular flexibility index (Phi) is 7.74. The molecule has 8 nitrogen and oxygen atoms in total.